The Kier molecular flexibility index (Phi) is 7.51. The van der Waals surface area contributed by atoms with Crippen LogP contribution in [0, 0.1) is 6.92 Å². The van der Waals surface area contributed by atoms with E-state index in [1.807, 2.05) is 19.1 Å². The molecule has 0 aliphatic carbocycles. The van der Waals surface area contributed by atoms with Crippen LogP contribution in [0.3, 0.4) is 0 Å². The summed E-state index contributed by atoms with van der Waals surface area (Å²) in [5, 5.41) is 2.78. The molecule has 0 heterocycles. The number of hydrogen-bond acceptors (Lipinski definition) is 4. The maximum absolute atomic E-state index is 12.4. The first-order valence-electron chi connectivity index (χ1n) is 7.64. The molecule has 0 aromatic heterocycles. The highest BCUT2D eigenvalue weighted by molar-refractivity contribution is 7.92. The summed E-state index contributed by atoms with van der Waals surface area (Å²) in [6, 6.07) is 6.33. The predicted octanol–water partition coefficient (Wildman–Crippen LogP) is 1.69. The molecule has 0 saturated heterocycles. The van der Waals surface area contributed by atoms with E-state index in [-0.39, 0.29) is 5.91 Å². The van der Waals surface area contributed by atoms with Crippen LogP contribution in [-0.2, 0) is 19.6 Å². The minimum Gasteiger partial charge on any atom is -0.385 e. The second-order valence-electron chi connectivity index (χ2n) is 5.46. The van der Waals surface area contributed by atoms with Crippen molar-refractivity contribution in [2.75, 3.05) is 30.8 Å². The Bertz CT molecular complexity index is 599. The summed E-state index contributed by atoms with van der Waals surface area (Å²) in [5.74, 6) is -0.297. The molecule has 1 aromatic carbocycles. The largest absolute Gasteiger partial charge is 0.385 e. The van der Waals surface area contributed by atoms with Crippen LogP contribution in [0.25, 0.3) is 0 Å². The molecule has 0 bridgehead atoms. The molecular weight excluding hydrogens is 316 g/mol. The van der Waals surface area contributed by atoms with Crippen LogP contribution < -0.4 is 9.62 Å². The zero-order chi connectivity index (χ0) is 17.5. The lowest BCUT2D eigenvalue weighted by atomic mass is 10.1. The molecule has 0 radical (unpaired) electrons. The Hall–Kier alpha value is -1.60. The smallest absolute Gasteiger partial charge is 0.243 e. The third-order valence-electron chi connectivity index (χ3n) is 3.44. The number of aryl methyl sites for hydroxylation is 1. The fourth-order valence-electron chi connectivity index (χ4n) is 2.30. The van der Waals surface area contributed by atoms with Crippen molar-refractivity contribution in [3.05, 3.63) is 29.8 Å². The number of amides is 1. The quantitative estimate of drug-likeness (QED) is 0.693. The summed E-state index contributed by atoms with van der Waals surface area (Å²) in [6.07, 6.45) is 2.19. The Labute approximate surface area is 138 Å². The molecule has 1 unspecified atom stereocenters. The van der Waals surface area contributed by atoms with Crippen molar-refractivity contribution in [1.29, 1.82) is 0 Å². The lowest BCUT2D eigenvalue weighted by Gasteiger charge is -2.30. The number of benzene rings is 1. The van der Waals surface area contributed by atoms with Gasteiger partial charge in [-0.05, 0) is 31.9 Å². The molecule has 1 rings (SSSR count). The molecule has 1 atom stereocenters. The zero-order valence-corrected chi connectivity index (χ0v) is 15.0. The minimum atomic E-state index is -3.57. The summed E-state index contributed by atoms with van der Waals surface area (Å²) in [4.78, 5) is 12.4. The number of methoxy groups -OCH3 is 1. The number of sulfonamides is 1. The van der Waals surface area contributed by atoms with Gasteiger partial charge in [-0.2, -0.15) is 0 Å². The van der Waals surface area contributed by atoms with Gasteiger partial charge in [0.2, 0.25) is 15.9 Å². The van der Waals surface area contributed by atoms with Crippen LogP contribution in [-0.4, -0.2) is 46.9 Å². The summed E-state index contributed by atoms with van der Waals surface area (Å²) < 4.78 is 30.6. The fourth-order valence-corrected chi connectivity index (χ4v) is 3.51. The van der Waals surface area contributed by atoms with Crippen LogP contribution in [0.1, 0.15) is 25.3 Å². The lowest BCUT2D eigenvalue weighted by Crippen LogP contribution is -2.49. The van der Waals surface area contributed by atoms with Crippen molar-refractivity contribution in [1.82, 2.24) is 5.32 Å². The van der Waals surface area contributed by atoms with Crippen molar-refractivity contribution in [3.63, 3.8) is 0 Å². The molecule has 6 nitrogen and oxygen atoms in total. The third-order valence-corrected chi connectivity index (χ3v) is 4.62. The van der Waals surface area contributed by atoms with Gasteiger partial charge in [0, 0.05) is 20.3 Å². The van der Waals surface area contributed by atoms with E-state index >= 15 is 0 Å². The lowest BCUT2D eigenvalue weighted by molar-refractivity contribution is -0.122. The fraction of sp³-hybridized carbons (Fsp3) is 0.562. The number of carbonyl (C=O) groups excluding carboxylic acids is 1. The van der Waals surface area contributed by atoms with E-state index < -0.39 is 16.1 Å². The molecule has 1 N–H and O–H groups in total. The van der Waals surface area contributed by atoms with Crippen LogP contribution in [0.5, 0.6) is 0 Å². The second kappa shape index (κ2) is 8.88. The number of nitrogens with one attached hydrogen (secondary N) is 1. The van der Waals surface area contributed by atoms with Crippen molar-refractivity contribution in [2.45, 2.75) is 32.7 Å². The number of carbonyl (C=O) groups is 1. The van der Waals surface area contributed by atoms with Gasteiger partial charge >= 0.3 is 0 Å². The highest BCUT2D eigenvalue weighted by Gasteiger charge is 2.31. The molecule has 0 aliphatic rings. The average molecular weight is 342 g/mol. The predicted molar refractivity (Wildman–Crippen MR) is 92.1 cm³/mol. The molecule has 1 aromatic rings. The van der Waals surface area contributed by atoms with Crippen molar-refractivity contribution in [3.8, 4) is 0 Å². The van der Waals surface area contributed by atoms with Gasteiger partial charge < -0.3 is 10.1 Å². The van der Waals surface area contributed by atoms with E-state index in [4.69, 9.17) is 4.74 Å². The van der Waals surface area contributed by atoms with Gasteiger partial charge in [0.1, 0.15) is 6.04 Å². The maximum Gasteiger partial charge on any atom is 0.243 e. The first kappa shape index (κ1) is 19.4. The van der Waals surface area contributed by atoms with Crippen LogP contribution in [0.4, 0.5) is 5.69 Å². The molecular formula is C16H26N2O4S. The van der Waals surface area contributed by atoms with E-state index in [1.54, 1.807) is 26.2 Å². The summed E-state index contributed by atoms with van der Waals surface area (Å²) in [7, 11) is -1.98. The summed E-state index contributed by atoms with van der Waals surface area (Å²) in [6.45, 7) is 4.72. The Balaban J connectivity index is 2.99. The standard InChI is InChI=1S/C16H26N2O4S/c1-5-15(16(19)17-11-6-12-22-3)18(23(4,20)21)14-9-7-13(2)8-10-14/h7-10,15H,5-6,11-12H2,1-4H3,(H,17,19). The maximum atomic E-state index is 12.4. The van der Waals surface area contributed by atoms with E-state index in [2.05, 4.69) is 5.32 Å². The SMILES string of the molecule is CCC(C(=O)NCCCOC)N(c1ccc(C)cc1)S(C)(=O)=O. The molecule has 0 fully saturated rings. The normalized spacial score (nSPS) is 12.7. The van der Waals surface area contributed by atoms with Gasteiger partial charge in [-0.25, -0.2) is 8.42 Å². The summed E-state index contributed by atoms with van der Waals surface area (Å²) in [5.41, 5.74) is 1.52. The number of hydrogen-bond donors (Lipinski definition) is 1. The minimum absolute atomic E-state index is 0.297. The summed E-state index contributed by atoms with van der Waals surface area (Å²) >= 11 is 0. The Morgan fingerprint density at radius 2 is 1.91 bits per heavy atom. The monoisotopic (exact) mass is 342 g/mol. The van der Waals surface area contributed by atoms with Crippen molar-refractivity contribution < 1.29 is 17.9 Å². The van der Waals surface area contributed by atoms with Gasteiger partial charge in [0.15, 0.2) is 0 Å². The molecule has 7 heteroatoms. The van der Waals surface area contributed by atoms with E-state index in [0.717, 1.165) is 11.8 Å². The van der Waals surface area contributed by atoms with Gasteiger partial charge in [-0.1, -0.05) is 24.6 Å². The Morgan fingerprint density at radius 3 is 2.39 bits per heavy atom. The van der Waals surface area contributed by atoms with Crippen molar-refractivity contribution >= 4 is 21.6 Å². The molecule has 23 heavy (non-hydrogen) atoms. The van der Waals surface area contributed by atoms with Crippen molar-refractivity contribution in [2.24, 2.45) is 0 Å². The first-order valence-corrected chi connectivity index (χ1v) is 9.48. The Morgan fingerprint density at radius 1 is 1.30 bits per heavy atom. The molecule has 0 aliphatic heterocycles. The van der Waals surface area contributed by atoms with E-state index in [0.29, 0.717) is 31.7 Å². The highest BCUT2D eigenvalue weighted by Crippen LogP contribution is 2.22. The first-order chi connectivity index (χ1) is 10.8. The molecule has 0 saturated carbocycles. The topological polar surface area (TPSA) is 75.7 Å². The molecule has 0 spiro atoms. The molecule has 1 amide bonds. The van der Waals surface area contributed by atoms with E-state index in [1.165, 1.54) is 4.31 Å². The van der Waals surface area contributed by atoms with Gasteiger partial charge in [-0.3, -0.25) is 9.10 Å². The second-order valence-corrected chi connectivity index (χ2v) is 7.32. The van der Waals surface area contributed by atoms with Gasteiger partial charge in [-0.15, -0.1) is 0 Å². The number of rotatable bonds is 9. The average Bonchev–Trinajstić information content (AvgIpc) is 2.49. The number of ether oxygens (including phenoxy) is 1. The van der Waals surface area contributed by atoms with Crippen LogP contribution in [0.15, 0.2) is 24.3 Å². The van der Waals surface area contributed by atoms with Crippen LogP contribution >= 0.6 is 0 Å². The van der Waals surface area contributed by atoms with E-state index in [9.17, 15) is 13.2 Å². The molecule has 130 valence electrons. The third kappa shape index (κ3) is 5.84. The zero-order valence-electron chi connectivity index (χ0n) is 14.2. The number of anilines is 1. The van der Waals surface area contributed by atoms with Crippen LogP contribution in [0.2, 0.25) is 0 Å². The highest BCUT2D eigenvalue weighted by atomic mass is 32.2. The van der Waals surface area contributed by atoms with Gasteiger partial charge in [0.05, 0.1) is 11.9 Å². The number of nitrogens with zero attached hydrogens (tertiary/aromatic N) is 1. The van der Waals surface area contributed by atoms with Gasteiger partial charge in [0.25, 0.3) is 0 Å².